The summed E-state index contributed by atoms with van der Waals surface area (Å²) in [5, 5.41) is 3.36. The summed E-state index contributed by atoms with van der Waals surface area (Å²) in [4.78, 5) is 13.4. The summed E-state index contributed by atoms with van der Waals surface area (Å²) in [5.74, 6) is 0.781. The van der Waals surface area contributed by atoms with E-state index in [1.165, 1.54) is 0 Å². The van der Waals surface area contributed by atoms with E-state index in [0.29, 0.717) is 6.04 Å². The summed E-state index contributed by atoms with van der Waals surface area (Å²) in [6.07, 6.45) is -0.407. The van der Waals surface area contributed by atoms with Crippen LogP contribution in [0.15, 0.2) is 18.2 Å². The van der Waals surface area contributed by atoms with Gasteiger partial charge in [0.05, 0.1) is 5.69 Å². The SMILES string of the molecule is CC(C)NCc1ccc2c(c1)OC(C)C(=O)N2C. The van der Waals surface area contributed by atoms with E-state index < -0.39 is 6.10 Å². The topological polar surface area (TPSA) is 41.6 Å². The molecule has 98 valence electrons. The molecule has 1 unspecified atom stereocenters. The van der Waals surface area contributed by atoms with Crippen LogP contribution in [0.3, 0.4) is 0 Å². The Morgan fingerprint density at radius 1 is 1.44 bits per heavy atom. The molecule has 0 saturated heterocycles. The van der Waals surface area contributed by atoms with Crippen molar-refractivity contribution in [1.29, 1.82) is 0 Å². The van der Waals surface area contributed by atoms with Crippen molar-refractivity contribution in [2.75, 3.05) is 11.9 Å². The van der Waals surface area contributed by atoms with Crippen molar-refractivity contribution >= 4 is 11.6 Å². The Morgan fingerprint density at radius 3 is 2.83 bits per heavy atom. The average molecular weight is 248 g/mol. The van der Waals surface area contributed by atoms with Crippen LogP contribution in [-0.2, 0) is 11.3 Å². The molecular weight excluding hydrogens is 228 g/mol. The third-order valence-corrected chi connectivity index (χ3v) is 3.08. The maximum absolute atomic E-state index is 11.8. The fourth-order valence-corrected chi connectivity index (χ4v) is 1.99. The summed E-state index contributed by atoms with van der Waals surface area (Å²) in [6.45, 7) is 6.81. The number of carbonyl (C=O) groups excluding carboxylic acids is 1. The molecule has 1 aliphatic heterocycles. The lowest BCUT2D eigenvalue weighted by Gasteiger charge is -2.30. The molecule has 18 heavy (non-hydrogen) atoms. The molecule has 0 bridgehead atoms. The summed E-state index contributed by atoms with van der Waals surface area (Å²) < 4.78 is 5.64. The second-order valence-corrected chi connectivity index (χ2v) is 5.00. The van der Waals surface area contributed by atoms with Crippen LogP contribution in [-0.4, -0.2) is 25.1 Å². The minimum Gasteiger partial charge on any atom is -0.479 e. The molecule has 1 amide bonds. The second-order valence-electron chi connectivity index (χ2n) is 5.00. The monoisotopic (exact) mass is 248 g/mol. The number of ether oxygens (including phenoxy) is 1. The van der Waals surface area contributed by atoms with E-state index in [-0.39, 0.29) is 5.91 Å². The van der Waals surface area contributed by atoms with E-state index in [2.05, 4.69) is 19.2 Å². The highest BCUT2D eigenvalue weighted by molar-refractivity contribution is 5.99. The summed E-state index contributed by atoms with van der Waals surface area (Å²) in [7, 11) is 1.78. The number of carbonyl (C=O) groups is 1. The van der Waals surface area contributed by atoms with E-state index in [9.17, 15) is 4.79 Å². The first kappa shape index (κ1) is 12.9. The Hall–Kier alpha value is -1.55. The molecule has 1 aliphatic rings. The van der Waals surface area contributed by atoms with Crippen LogP contribution < -0.4 is 15.0 Å². The molecule has 0 spiro atoms. The Labute approximate surface area is 108 Å². The number of hydrogen-bond acceptors (Lipinski definition) is 3. The van der Waals surface area contributed by atoms with Gasteiger partial charge in [0.2, 0.25) is 0 Å². The highest BCUT2D eigenvalue weighted by Crippen LogP contribution is 2.33. The number of anilines is 1. The first-order valence-corrected chi connectivity index (χ1v) is 6.29. The molecule has 0 radical (unpaired) electrons. The minimum atomic E-state index is -0.407. The van der Waals surface area contributed by atoms with Crippen LogP contribution in [0.2, 0.25) is 0 Å². The van der Waals surface area contributed by atoms with Gasteiger partial charge in [-0.1, -0.05) is 19.9 Å². The van der Waals surface area contributed by atoms with Crippen molar-refractivity contribution in [2.24, 2.45) is 0 Å². The van der Waals surface area contributed by atoms with Gasteiger partial charge in [-0.15, -0.1) is 0 Å². The summed E-state index contributed by atoms with van der Waals surface area (Å²) >= 11 is 0. The second kappa shape index (κ2) is 4.98. The van der Waals surface area contributed by atoms with Crippen molar-refractivity contribution in [3.8, 4) is 5.75 Å². The molecule has 0 saturated carbocycles. The smallest absolute Gasteiger partial charge is 0.267 e. The zero-order chi connectivity index (χ0) is 13.3. The van der Waals surface area contributed by atoms with Crippen molar-refractivity contribution < 1.29 is 9.53 Å². The fraction of sp³-hybridized carbons (Fsp3) is 0.500. The summed E-state index contributed by atoms with van der Waals surface area (Å²) in [6, 6.07) is 6.42. The van der Waals surface area contributed by atoms with Crippen LogP contribution in [0.1, 0.15) is 26.3 Å². The number of hydrogen-bond donors (Lipinski definition) is 1. The molecule has 0 aromatic heterocycles. The highest BCUT2D eigenvalue weighted by Gasteiger charge is 2.28. The van der Waals surface area contributed by atoms with E-state index in [0.717, 1.165) is 23.5 Å². The largest absolute Gasteiger partial charge is 0.479 e. The number of rotatable bonds is 3. The molecule has 2 rings (SSSR count). The van der Waals surface area contributed by atoms with E-state index >= 15 is 0 Å². The first-order valence-electron chi connectivity index (χ1n) is 6.29. The standard InChI is InChI=1S/C14H20N2O2/c1-9(2)15-8-11-5-6-12-13(7-11)18-10(3)14(17)16(12)4/h5-7,9-10,15H,8H2,1-4H3. The first-order chi connectivity index (χ1) is 8.49. The number of likely N-dealkylation sites (N-methyl/N-ethyl adjacent to an activating group) is 1. The van der Waals surface area contributed by atoms with E-state index in [1.54, 1.807) is 18.9 Å². The van der Waals surface area contributed by atoms with Gasteiger partial charge in [0.15, 0.2) is 6.10 Å². The van der Waals surface area contributed by atoms with E-state index in [4.69, 9.17) is 4.74 Å². The molecule has 4 nitrogen and oxygen atoms in total. The zero-order valence-corrected chi connectivity index (χ0v) is 11.4. The van der Waals surface area contributed by atoms with Crippen LogP contribution in [0.25, 0.3) is 0 Å². The normalized spacial score (nSPS) is 18.8. The van der Waals surface area contributed by atoms with Gasteiger partial charge in [-0.2, -0.15) is 0 Å². The average Bonchev–Trinajstić information content (AvgIpc) is 2.33. The predicted octanol–water partition coefficient (Wildman–Crippen LogP) is 1.93. The molecule has 1 aromatic carbocycles. The van der Waals surface area contributed by atoms with Gasteiger partial charge < -0.3 is 15.0 Å². The lowest BCUT2D eigenvalue weighted by atomic mass is 10.1. The van der Waals surface area contributed by atoms with Crippen LogP contribution in [0, 0.1) is 0 Å². The van der Waals surface area contributed by atoms with Crippen molar-refractivity contribution in [3.05, 3.63) is 23.8 Å². The quantitative estimate of drug-likeness (QED) is 0.888. The molecule has 0 aliphatic carbocycles. The third kappa shape index (κ3) is 2.48. The van der Waals surface area contributed by atoms with Gasteiger partial charge in [-0.3, -0.25) is 4.79 Å². The fourth-order valence-electron chi connectivity index (χ4n) is 1.99. The predicted molar refractivity (Wildman–Crippen MR) is 71.9 cm³/mol. The Morgan fingerprint density at radius 2 is 2.17 bits per heavy atom. The zero-order valence-electron chi connectivity index (χ0n) is 11.4. The van der Waals surface area contributed by atoms with Gasteiger partial charge in [0, 0.05) is 19.6 Å². The third-order valence-electron chi connectivity index (χ3n) is 3.08. The van der Waals surface area contributed by atoms with Gasteiger partial charge in [-0.25, -0.2) is 0 Å². The van der Waals surface area contributed by atoms with E-state index in [1.807, 2.05) is 18.2 Å². The van der Waals surface area contributed by atoms with Crippen molar-refractivity contribution in [1.82, 2.24) is 5.32 Å². The molecule has 1 heterocycles. The lowest BCUT2D eigenvalue weighted by molar-refractivity contribution is -0.125. The lowest BCUT2D eigenvalue weighted by Crippen LogP contribution is -2.42. The van der Waals surface area contributed by atoms with Crippen LogP contribution in [0.5, 0.6) is 5.75 Å². The van der Waals surface area contributed by atoms with Crippen molar-refractivity contribution in [2.45, 2.75) is 39.5 Å². The molecule has 0 fully saturated rings. The maximum atomic E-state index is 11.8. The van der Waals surface area contributed by atoms with Crippen molar-refractivity contribution in [3.63, 3.8) is 0 Å². The van der Waals surface area contributed by atoms with Crippen LogP contribution >= 0.6 is 0 Å². The number of benzene rings is 1. The molecule has 4 heteroatoms. The van der Waals surface area contributed by atoms with Gasteiger partial charge in [0.1, 0.15) is 5.75 Å². The summed E-state index contributed by atoms with van der Waals surface area (Å²) in [5.41, 5.74) is 2.00. The Balaban J connectivity index is 2.22. The molecule has 1 aromatic rings. The van der Waals surface area contributed by atoms with Gasteiger partial charge in [-0.05, 0) is 24.6 Å². The van der Waals surface area contributed by atoms with Crippen LogP contribution in [0.4, 0.5) is 5.69 Å². The molecular formula is C14H20N2O2. The Bertz CT molecular complexity index is 457. The molecule has 1 N–H and O–H groups in total. The Kier molecular flexibility index (Phi) is 3.57. The molecule has 1 atom stereocenters. The number of amides is 1. The minimum absolute atomic E-state index is 0.00412. The van der Waals surface area contributed by atoms with Gasteiger partial charge >= 0.3 is 0 Å². The number of nitrogens with one attached hydrogen (secondary N) is 1. The number of fused-ring (bicyclic) bond motifs is 1. The highest BCUT2D eigenvalue weighted by atomic mass is 16.5. The maximum Gasteiger partial charge on any atom is 0.267 e. The number of nitrogens with zero attached hydrogens (tertiary/aromatic N) is 1. The van der Waals surface area contributed by atoms with Gasteiger partial charge in [0.25, 0.3) is 5.91 Å².